The zero-order valence-corrected chi connectivity index (χ0v) is 12.8. The van der Waals surface area contributed by atoms with Gasteiger partial charge in [0.05, 0.1) is 37.4 Å². The van der Waals surface area contributed by atoms with Crippen LogP contribution in [0.1, 0.15) is 16.6 Å². The van der Waals surface area contributed by atoms with Crippen molar-refractivity contribution in [3.8, 4) is 0 Å². The van der Waals surface area contributed by atoms with Crippen LogP contribution in [0.2, 0.25) is 0 Å². The smallest absolute Gasteiger partial charge is 0.345 e. The van der Waals surface area contributed by atoms with Gasteiger partial charge in [0, 0.05) is 0 Å². The number of urea groups is 1. The van der Waals surface area contributed by atoms with E-state index in [0.29, 0.717) is 12.2 Å². The molecule has 1 aromatic rings. The van der Waals surface area contributed by atoms with E-state index in [-0.39, 0.29) is 36.6 Å². The zero-order valence-electron chi connectivity index (χ0n) is 12.0. The quantitative estimate of drug-likeness (QED) is 0.581. The van der Waals surface area contributed by atoms with Gasteiger partial charge in [-0.05, 0) is 0 Å². The Bertz CT molecular complexity index is 694. The molecule has 3 rings (SSSR count). The molecule has 0 saturated carbocycles. The first-order valence-corrected chi connectivity index (χ1v) is 7.49. The van der Waals surface area contributed by atoms with E-state index in [4.69, 9.17) is 4.84 Å². The van der Waals surface area contributed by atoms with E-state index in [1.807, 2.05) is 0 Å². The fourth-order valence-electron chi connectivity index (χ4n) is 2.64. The van der Waals surface area contributed by atoms with Crippen molar-refractivity contribution in [3.05, 3.63) is 32.9 Å². The van der Waals surface area contributed by atoms with Gasteiger partial charge in [0.2, 0.25) is 0 Å². The average molecular weight is 325 g/mol. The van der Waals surface area contributed by atoms with Crippen LogP contribution in [0.4, 0.5) is 4.79 Å². The molecule has 3 heterocycles. The number of fused-ring (bicyclic) bond motifs is 4. The molecule has 1 atom stereocenters. The van der Waals surface area contributed by atoms with Crippen molar-refractivity contribution in [2.75, 3.05) is 20.3 Å². The Morgan fingerprint density at radius 2 is 2.27 bits per heavy atom. The molecule has 118 valence electrons. The molecule has 22 heavy (non-hydrogen) atoms. The van der Waals surface area contributed by atoms with Crippen LogP contribution in [0, 0.1) is 0 Å². The maximum absolute atomic E-state index is 12.3. The van der Waals surface area contributed by atoms with Gasteiger partial charge >= 0.3 is 16.9 Å². The van der Waals surface area contributed by atoms with E-state index in [1.54, 1.807) is 11.0 Å². The third-order valence-electron chi connectivity index (χ3n) is 3.65. The molecule has 2 aliphatic heterocycles. The minimum absolute atomic E-state index is 0.149. The van der Waals surface area contributed by atoms with Gasteiger partial charge in [0.25, 0.3) is 0 Å². The fourth-order valence-corrected chi connectivity index (χ4v) is 3.71. The first-order chi connectivity index (χ1) is 10.6. The molecule has 8 nitrogen and oxygen atoms in total. The summed E-state index contributed by atoms with van der Waals surface area (Å²) in [6.07, 6.45) is 1.55. The lowest BCUT2D eigenvalue weighted by molar-refractivity contribution is -0.141. The lowest BCUT2D eigenvalue weighted by Gasteiger charge is -2.22. The number of aromatic nitrogens is 1. The van der Waals surface area contributed by atoms with Crippen LogP contribution >= 0.6 is 11.3 Å². The van der Waals surface area contributed by atoms with Crippen LogP contribution < -0.4 is 4.87 Å². The number of carbonyl (C=O) groups excluding carboxylic acids is 2. The second-order valence-corrected chi connectivity index (χ2v) is 5.92. The standard InChI is InChI=1S/C13H15N3O5S/c1-3-4-21-16-9-6-14(12(16)18)5-8-11(9)22-13(19)15(8)7-10(17)20-2/h3,9H,1,4-7H2,2H3. The third kappa shape index (κ3) is 2.22. The molecule has 0 radical (unpaired) electrons. The number of methoxy groups -OCH3 is 1. The summed E-state index contributed by atoms with van der Waals surface area (Å²) in [6.45, 7) is 4.38. The van der Waals surface area contributed by atoms with Crippen molar-refractivity contribution in [2.24, 2.45) is 0 Å². The van der Waals surface area contributed by atoms with Crippen molar-refractivity contribution >= 4 is 23.3 Å². The van der Waals surface area contributed by atoms with Gasteiger partial charge < -0.3 is 9.64 Å². The molecule has 1 aromatic heterocycles. The highest BCUT2D eigenvalue weighted by Gasteiger charge is 2.46. The number of thiazole rings is 1. The monoisotopic (exact) mass is 325 g/mol. The molecule has 2 aliphatic rings. The van der Waals surface area contributed by atoms with Crippen molar-refractivity contribution in [2.45, 2.75) is 19.1 Å². The van der Waals surface area contributed by atoms with Gasteiger partial charge in [0.1, 0.15) is 12.6 Å². The van der Waals surface area contributed by atoms with E-state index in [1.165, 1.54) is 16.7 Å². The van der Waals surface area contributed by atoms with E-state index in [9.17, 15) is 14.4 Å². The first kappa shape index (κ1) is 14.8. The van der Waals surface area contributed by atoms with Crippen LogP contribution in [0.3, 0.4) is 0 Å². The maximum atomic E-state index is 12.3. The van der Waals surface area contributed by atoms with Gasteiger partial charge in [0.15, 0.2) is 0 Å². The molecule has 2 amide bonds. The van der Waals surface area contributed by atoms with Crippen molar-refractivity contribution in [1.29, 1.82) is 0 Å². The number of nitrogens with zero attached hydrogens (tertiary/aromatic N) is 3. The molecular formula is C13H15N3O5S. The Balaban J connectivity index is 1.96. The number of hydroxylamine groups is 2. The second kappa shape index (κ2) is 5.58. The summed E-state index contributed by atoms with van der Waals surface area (Å²) < 4.78 is 5.98. The zero-order chi connectivity index (χ0) is 15.9. The minimum atomic E-state index is -0.498. The van der Waals surface area contributed by atoms with E-state index >= 15 is 0 Å². The molecule has 0 aromatic carbocycles. The molecule has 1 unspecified atom stereocenters. The Morgan fingerprint density at radius 3 is 2.95 bits per heavy atom. The summed E-state index contributed by atoms with van der Waals surface area (Å²) in [5.74, 6) is -0.498. The number of amides is 2. The lowest BCUT2D eigenvalue weighted by Crippen LogP contribution is -2.32. The largest absolute Gasteiger partial charge is 0.468 e. The van der Waals surface area contributed by atoms with Crippen LogP contribution in [-0.2, 0) is 27.5 Å². The number of rotatable bonds is 5. The highest BCUT2D eigenvalue weighted by Crippen LogP contribution is 2.39. The molecular weight excluding hydrogens is 310 g/mol. The van der Waals surface area contributed by atoms with Gasteiger partial charge in [-0.25, -0.2) is 4.79 Å². The predicted octanol–water partition coefficient (Wildman–Crippen LogP) is 0.493. The molecule has 0 spiro atoms. The molecule has 2 bridgehead atoms. The molecule has 9 heteroatoms. The minimum Gasteiger partial charge on any atom is -0.468 e. The second-order valence-electron chi connectivity index (χ2n) is 4.93. The Morgan fingerprint density at radius 1 is 1.50 bits per heavy atom. The molecule has 0 N–H and O–H groups in total. The van der Waals surface area contributed by atoms with Gasteiger partial charge in [-0.1, -0.05) is 17.4 Å². The lowest BCUT2D eigenvalue weighted by atomic mass is 10.1. The Kier molecular flexibility index (Phi) is 3.75. The molecule has 0 aliphatic carbocycles. The van der Waals surface area contributed by atoms with Crippen LogP contribution in [-0.4, -0.2) is 46.8 Å². The third-order valence-corrected chi connectivity index (χ3v) is 4.78. The summed E-state index contributed by atoms with van der Waals surface area (Å²) in [6, 6.07) is -0.569. The van der Waals surface area contributed by atoms with Crippen molar-refractivity contribution < 1.29 is 19.2 Å². The average Bonchev–Trinajstić information content (AvgIpc) is 2.95. The predicted molar refractivity (Wildman–Crippen MR) is 77.1 cm³/mol. The number of hydrogen-bond acceptors (Lipinski definition) is 6. The SMILES string of the molecule is C=CCON1C(=O)N2Cc3c(sc(=O)n3CC(=O)OC)C1C2. The first-order valence-electron chi connectivity index (χ1n) is 6.68. The summed E-state index contributed by atoms with van der Waals surface area (Å²) in [7, 11) is 1.27. The summed E-state index contributed by atoms with van der Waals surface area (Å²) in [5.41, 5.74) is 0.676. The maximum Gasteiger partial charge on any atom is 0.345 e. The van der Waals surface area contributed by atoms with Crippen LogP contribution in [0.5, 0.6) is 0 Å². The van der Waals surface area contributed by atoms with Gasteiger partial charge in [-0.3, -0.25) is 19.0 Å². The normalized spacial score (nSPS) is 19.3. The highest BCUT2D eigenvalue weighted by molar-refractivity contribution is 7.09. The number of esters is 1. The number of ether oxygens (including phenoxy) is 1. The molecule has 1 saturated heterocycles. The number of carbonyl (C=O) groups is 2. The van der Waals surface area contributed by atoms with Crippen molar-refractivity contribution in [3.63, 3.8) is 0 Å². The Hall–Kier alpha value is -2.13. The van der Waals surface area contributed by atoms with E-state index < -0.39 is 5.97 Å². The topological polar surface area (TPSA) is 81.1 Å². The van der Waals surface area contributed by atoms with E-state index in [2.05, 4.69) is 11.3 Å². The van der Waals surface area contributed by atoms with E-state index in [0.717, 1.165) is 16.2 Å². The summed E-state index contributed by atoms with van der Waals surface area (Å²) in [4.78, 5) is 43.4. The molecule has 1 fully saturated rings. The Labute approximate surface area is 130 Å². The van der Waals surface area contributed by atoms with Gasteiger partial charge in [-0.15, -0.1) is 6.58 Å². The van der Waals surface area contributed by atoms with Crippen molar-refractivity contribution in [1.82, 2.24) is 14.5 Å². The summed E-state index contributed by atoms with van der Waals surface area (Å²) in [5, 5.41) is 1.28. The number of hydrogen-bond donors (Lipinski definition) is 0. The van der Waals surface area contributed by atoms with Gasteiger partial charge in [-0.2, -0.15) is 5.06 Å². The highest BCUT2D eigenvalue weighted by atomic mass is 32.1. The van der Waals surface area contributed by atoms with Crippen LogP contribution in [0.25, 0.3) is 0 Å². The van der Waals surface area contributed by atoms with Crippen LogP contribution in [0.15, 0.2) is 17.4 Å². The summed E-state index contributed by atoms with van der Waals surface area (Å²) >= 11 is 1.04. The fraction of sp³-hybridized carbons (Fsp3) is 0.462.